The molecule has 2 aromatic rings. The van der Waals surface area contributed by atoms with E-state index >= 15 is 0 Å². The van der Waals surface area contributed by atoms with Crippen LogP contribution in [-0.4, -0.2) is 34.5 Å². The van der Waals surface area contributed by atoms with Crippen molar-refractivity contribution in [2.75, 3.05) is 18.9 Å². The molecule has 9 heteroatoms. The number of anilines is 1. The van der Waals surface area contributed by atoms with E-state index in [1.54, 1.807) is 31.3 Å². The van der Waals surface area contributed by atoms with Crippen molar-refractivity contribution in [1.82, 2.24) is 5.32 Å². The molecular weight excluding hydrogens is 352 g/mol. The van der Waals surface area contributed by atoms with Crippen molar-refractivity contribution in [2.45, 2.75) is 11.3 Å². The van der Waals surface area contributed by atoms with E-state index in [9.17, 15) is 18.0 Å². The molecule has 0 atom stereocenters. The Bertz CT molecular complexity index is 841. The van der Waals surface area contributed by atoms with Gasteiger partial charge in [-0.1, -0.05) is 12.1 Å². The summed E-state index contributed by atoms with van der Waals surface area (Å²) in [4.78, 5) is 22.8. The number of likely N-dealkylation sites (N-methyl/N-ethyl adjacent to an activating group) is 1. The molecule has 7 nitrogen and oxygen atoms in total. The molecule has 0 aliphatic rings. The number of amides is 1. The minimum atomic E-state index is -3.92. The molecule has 0 radical (unpaired) electrons. The summed E-state index contributed by atoms with van der Waals surface area (Å²) in [5.41, 5.74) is 1.08. The van der Waals surface area contributed by atoms with Gasteiger partial charge >= 0.3 is 5.97 Å². The van der Waals surface area contributed by atoms with E-state index in [-0.39, 0.29) is 22.1 Å². The number of methoxy groups -OCH3 is 1. The number of ether oxygens (including phenoxy) is 1. The number of benzene rings is 1. The van der Waals surface area contributed by atoms with Crippen molar-refractivity contribution < 1.29 is 22.7 Å². The zero-order valence-electron chi connectivity index (χ0n) is 13.0. The molecule has 1 amide bonds. The predicted octanol–water partition coefficient (Wildman–Crippen LogP) is 1.62. The molecule has 1 aromatic heterocycles. The van der Waals surface area contributed by atoms with Gasteiger partial charge in [-0.2, -0.15) is 0 Å². The first kappa shape index (κ1) is 18.0. The normalized spacial score (nSPS) is 10.9. The van der Waals surface area contributed by atoms with Gasteiger partial charge in [0, 0.05) is 12.7 Å². The van der Waals surface area contributed by atoms with Crippen LogP contribution in [0.4, 0.5) is 5.69 Å². The molecule has 128 valence electrons. The van der Waals surface area contributed by atoms with Gasteiger partial charge in [-0.05, 0) is 29.1 Å². The Morgan fingerprint density at radius 1 is 1.17 bits per heavy atom. The summed E-state index contributed by atoms with van der Waals surface area (Å²) in [6, 6.07) is 7.77. The van der Waals surface area contributed by atoms with E-state index in [2.05, 4.69) is 14.8 Å². The lowest BCUT2D eigenvalue weighted by Gasteiger charge is -2.09. The highest BCUT2D eigenvalue weighted by atomic mass is 32.2. The second-order valence-electron chi connectivity index (χ2n) is 4.76. The zero-order chi connectivity index (χ0) is 17.7. The van der Waals surface area contributed by atoms with Crippen LogP contribution in [0.15, 0.2) is 40.6 Å². The molecule has 1 aromatic carbocycles. The van der Waals surface area contributed by atoms with Crippen LogP contribution in [0, 0.1) is 0 Å². The zero-order valence-corrected chi connectivity index (χ0v) is 14.7. The number of hydrogen-bond donors (Lipinski definition) is 2. The topological polar surface area (TPSA) is 102 Å². The van der Waals surface area contributed by atoms with Crippen molar-refractivity contribution in [3.05, 3.63) is 46.2 Å². The largest absolute Gasteiger partial charge is 0.465 e. The van der Waals surface area contributed by atoms with Crippen molar-refractivity contribution in [1.29, 1.82) is 0 Å². The van der Waals surface area contributed by atoms with Gasteiger partial charge in [-0.25, -0.2) is 13.2 Å². The molecule has 0 aliphatic heterocycles. The number of esters is 1. The predicted molar refractivity (Wildman–Crippen MR) is 90.7 cm³/mol. The van der Waals surface area contributed by atoms with Crippen molar-refractivity contribution in [2.24, 2.45) is 0 Å². The van der Waals surface area contributed by atoms with Crippen molar-refractivity contribution in [3.63, 3.8) is 0 Å². The number of hydrogen-bond acceptors (Lipinski definition) is 6. The highest BCUT2D eigenvalue weighted by molar-refractivity contribution is 7.93. The first-order valence-electron chi connectivity index (χ1n) is 6.85. The maximum absolute atomic E-state index is 12.4. The van der Waals surface area contributed by atoms with Crippen LogP contribution in [0.25, 0.3) is 0 Å². The van der Waals surface area contributed by atoms with E-state index in [0.29, 0.717) is 5.69 Å². The quantitative estimate of drug-likeness (QED) is 0.755. The van der Waals surface area contributed by atoms with Crippen molar-refractivity contribution in [3.8, 4) is 0 Å². The highest BCUT2D eigenvalue weighted by Crippen LogP contribution is 2.25. The molecule has 1 heterocycles. The monoisotopic (exact) mass is 368 g/mol. The van der Waals surface area contributed by atoms with E-state index in [1.165, 1.54) is 18.6 Å². The first-order valence-corrected chi connectivity index (χ1v) is 9.22. The third-order valence-electron chi connectivity index (χ3n) is 3.14. The summed E-state index contributed by atoms with van der Waals surface area (Å²) in [7, 11) is -1.18. The summed E-state index contributed by atoms with van der Waals surface area (Å²) in [6.07, 6.45) is 0.209. The molecule has 0 spiro atoms. The summed E-state index contributed by atoms with van der Waals surface area (Å²) in [5, 5.41) is 4.02. The number of carbonyl (C=O) groups excluding carboxylic acids is 2. The second kappa shape index (κ2) is 7.45. The maximum Gasteiger partial charge on any atom is 0.349 e. The fraction of sp³-hybridized carbons (Fsp3) is 0.200. The van der Waals surface area contributed by atoms with Crippen LogP contribution in [0.3, 0.4) is 0 Å². The minimum absolute atomic E-state index is 0.0150. The maximum atomic E-state index is 12.4. The Balaban J connectivity index is 2.19. The molecule has 2 rings (SSSR count). The van der Waals surface area contributed by atoms with Crippen LogP contribution < -0.4 is 10.0 Å². The Kier molecular flexibility index (Phi) is 5.58. The molecule has 0 aliphatic carbocycles. The van der Waals surface area contributed by atoms with Gasteiger partial charge in [-0.15, -0.1) is 11.3 Å². The lowest BCUT2D eigenvalue weighted by Crippen LogP contribution is -2.20. The lowest BCUT2D eigenvalue weighted by atomic mass is 10.1. The van der Waals surface area contributed by atoms with Crippen LogP contribution in [0.2, 0.25) is 0 Å². The first-order chi connectivity index (χ1) is 11.4. The Hall–Kier alpha value is -2.39. The van der Waals surface area contributed by atoms with Gasteiger partial charge in [0.2, 0.25) is 5.91 Å². The van der Waals surface area contributed by atoms with Gasteiger partial charge in [0.1, 0.15) is 9.77 Å². The number of nitrogens with one attached hydrogen (secondary N) is 2. The number of sulfonamides is 1. The fourth-order valence-electron chi connectivity index (χ4n) is 1.93. The Labute approximate surface area is 143 Å². The Morgan fingerprint density at radius 2 is 1.83 bits per heavy atom. The van der Waals surface area contributed by atoms with Crippen LogP contribution in [0.5, 0.6) is 0 Å². The second-order valence-corrected chi connectivity index (χ2v) is 7.32. The molecule has 0 fully saturated rings. The summed E-state index contributed by atoms with van der Waals surface area (Å²) in [5.74, 6) is -0.837. The number of carbonyl (C=O) groups is 2. The smallest absolute Gasteiger partial charge is 0.349 e. The number of thiophene rings is 1. The standard InChI is InChI=1S/C15H16N2O5S2/c1-16-13(18)9-10-3-5-11(6-4-10)17-24(20,21)12-7-8-23-14(12)15(19)22-2/h3-8,17H,9H2,1-2H3,(H,16,18). The van der Waals surface area contributed by atoms with Crippen LogP contribution in [0.1, 0.15) is 15.2 Å². The van der Waals surface area contributed by atoms with E-state index in [4.69, 9.17) is 0 Å². The third kappa shape index (κ3) is 4.12. The van der Waals surface area contributed by atoms with Gasteiger partial charge in [0.05, 0.1) is 13.5 Å². The third-order valence-corrected chi connectivity index (χ3v) is 5.59. The van der Waals surface area contributed by atoms with E-state index < -0.39 is 16.0 Å². The molecular formula is C15H16N2O5S2. The fourth-order valence-corrected chi connectivity index (χ4v) is 4.32. The highest BCUT2D eigenvalue weighted by Gasteiger charge is 2.24. The average Bonchev–Trinajstić information content (AvgIpc) is 3.06. The molecule has 0 bridgehead atoms. The SMILES string of the molecule is CNC(=O)Cc1ccc(NS(=O)(=O)c2ccsc2C(=O)OC)cc1. The summed E-state index contributed by atoms with van der Waals surface area (Å²) < 4.78 is 31.9. The molecule has 2 N–H and O–H groups in total. The van der Waals surface area contributed by atoms with Crippen molar-refractivity contribution >= 4 is 38.9 Å². The van der Waals surface area contributed by atoms with Gasteiger partial charge in [-0.3, -0.25) is 9.52 Å². The summed E-state index contributed by atoms with van der Waals surface area (Å²) in [6.45, 7) is 0. The lowest BCUT2D eigenvalue weighted by molar-refractivity contribution is -0.119. The average molecular weight is 368 g/mol. The molecule has 0 unspecified atom stereocenters. The van der Waals surface area contributed by atoms with Gasteiger partial charge in [0.25, 0.3) is 10.0 Å². The minimum Gasteiger partial charge on any atom is -0.465 e. The molecule has 0 saturated carbocycles. The van der Waals surface area contributed by atoms with Crippen LogP contribution >= 0.6 is 11.3 Å². The molecule has 24 heavy (non-hydrogen) atoms. The van der Waals surface area contributed by atoms with E-state index in [1.807, 2.05) is 0 Å². The van der Waals surface area contributed by atoms with E-state index in [0.717, 1.165) is 16.9 Å². The summed E-state index contributed by atoms with van der Waals surface area (Å²) >= 11 is 0.993. The van der Waals surface area contributed by atoms with Gasteiger partial charge < -0.3 is 10.1 Å². The Morgan fingerprint density at radius 3 is 2.42 bits per heavy atom. The van der Waals surface area contributed by atoms with Gasteiger partial charge in [0.15, 0.2) is 0 Å². The number of rotatable bonds is 6. The molecule has 0 saturated heterocycles. The van der Waals surface area contributed by atoms with Crippen LogP contribution in [-0.2, 0) is 26.0 Å².